The summed E-state index contributed by atoms with van der Waals surface area (Å²) in [5.74, 6) is 0.134. The number of hydrogen-bond donors (Lipinski definition) is 0. The topological polar surface area (TPSA) is 22.1 Å². The van der Waals surface area contributed by atoms with Gasteiger partial charge in [-0.25, -0.2) is 13.8 Å². The van der Waals surface area contributed by atoms with Gasteiger partial charge in [0.2, 0.25) is 0 Å². The number of ether oxygens (including phenoxy) is 1. The molecule has 6 heteroatoms. The second kappa shape index (κ2) is 5.20. The fourth-order valence-corrected chi connectivity index (χ4v) is 2.76. The van der Waals surface area contributed by atoms with Crippen LogP contribution < -0.4 is 4.74 Å². The highest BCUT2D eigenvalue weighted by Crippen LogP contribution is 2.34. The van der Waals surface area contributed by atoms with Gasteiger partial charge in [-0.1, -0.05) is 15.9 Å². The number of aromatic nitrogens is 1. The molecule has 0 saturated heterocycles. The molecule has 1 rings (SSSR count). The van der Waals surface area contributed by atoms with E-state index < -0.39 is 6.43 Å². The van der Waals surface area contributed by atoms with Crippen LogP contribution in [-0.4, -0.2) is 12.1 Å². The van der Waals surface area contributed by atoms with Crippen LogP contribution in [0.4, 0.5) is 8.78 Å². The van der Waals surface area contributed by atoms with Gasteiger partial charge in [-0.15, -0.1) is 0 Å². The van der Waals surface area contributed by atoms with E-state index in [0.29, 0.717) is 14.6 Å². The number of pyridine rings is 1. The minimum Gasteiger partial charge on any atom is -0.495 e. The first-order valence-corrected chi connectivity index (χ1v) is 5.87. The SMILES string of the molecule is COc1cnc(I)c(CBr)c1C(F)F. The van der Waals surface area contributed by atoms with E-state index in [4.69, 9.17) is 4.74 Å². The van der Waals surface area contributed by atoms with Crippen molar-refractivity contribution >= 4 is 38.5 Å². The molecule has 0 bridgehead atoms. The molecule has 0 atom stereocenters. The monoisotopic (exact) mass is 377 g/mol. The maximum atomic E-state index is 12.7. The van der Waals surface area contributed by atoms with Gasteiger partial charge in [0, 0.05) is 10.9 Å². The maximum Gasteiger partial charge on any atom is 0.267 e. The van der Waals surface area contributed by atoms with Crippen LogP contribution >= 0.6 is 38.5 Å². The van der Waals surface area contributed by atoms with Gasteiger partial charge in [-0.05, 0) is 22.6 Å². The minimum absolute atomic E-state index is 0.0798. The lowest BCUT2D eigenvalue weighted by Gasteiger charge is -2.12. The molecule has 0 fully saturated rings. The Balaban J connectivity index is 3.36. The third kappa shape index (κ3) is 2.33. The Morgan fingerprint density at radius 3 is 2.71 bits per heavy atom. The summed E-state index contributed by atoms with van der Waals surface area (Å²) in [6.07, 6.45) is -1.23. The molecule has 14 heavy (non-hydrogen) atoms. The first-order valence-electron chi connectivity index (χ1n) is 3.67. The fraction of sp³-hybridized carbons (Fsp3) is 0.375. The summed E-state index contributed by atoms with van der Waals surface area (Å²) >= 11 is 5.08. The molecule has 0 amide bonds. The van der Waals surface area contributed by atoms with Crippen molar-refractivity contribution in [2.24, 2.45) is 0 Å². The molecule has 2 nitrogen and oxygen atoms in total. The Hall–Kier alpha value is 0.0200. The van der Waals surface area contributed by atoms with Crippen LogP contribution in [0, 0.1) is 3.70 Å². The van der Waals surface area contributed by atoms with Gasteiger partial charge >= 0.3 is 0 Å². The first kappa shape index (κ1) is 12.1. The van der Waals surface area contributed by atoms with Crippen LogP contribution in [0.25, 0.3) is 0 Å². The summed E-state index contributed by atoms with van der Waals surface area (Å²) in [7, 11) is 1.35. The number of methoxy groups -OCH3 is 1. The van der Waals surface area contributed by atoms with E-state index in [1.165, 1.54) is 13.3 Å². The van der Waals surface area contributed by atoms with Gasteiger partial charge in [0.1, 0.15) is 9.45 Å². The van der Waals surface area contributed by atoms with Gasteiger partial charge in [0.15, 0.2) is 0 Å². The average molecular weight is 378 g/mol. The Kier molecular flexibility index (Phi) is 4.49. The zero-order valence-electron chi connectivity index (χ0n) is 7.23. The van der Waals surface area contributed by atoms with Gasteiger partial charge in [0.05, 0.1) is 18.9 Å². The van der Waals surface area contributed by atoms with Crippen molar-refractivity contribution in [2.45, 2.75) is 11.8 Å². The average Bonchev–Trinajstić information content (AvgIpc) is 2.17. The predicted octanol–water partition coefficient (Wildman–Crippen LogP) is 3.53. The molecule has 1 heterocycles. The first-order chi connectivity index (χ1) is 6.61. The van der Waals surface area contributed by atoms with Crippen LogP contribution in [0.2, 0.25) is 0 Å². The third-order valence-corrected chi connectivity index (χ3v) is 3.20. The number of halogens is 4. The minimum atomic E-state index is -2.55. The summed E-state index contributed by atoms with van der Waals surface area (Å²) < 4.78 is 30.8. The summed E-state index contributed by atoms with van der Waals surface area (Å²) in [6.45, 7) is 0. The van der Waals surface area contributed by atoms with E-state index in [1.807, 2.05) is 22.6 Å². The Bertz CT molecular complexity index is 335. The Morgan fingerprint density at radius 1 is 1.64 bits per heavy atom. The third-order valence-electron chi connectivity index (χ3n) is 1.71. The fourth-order valence-electron chi connectivity index (χ4n) is 1.05. The van der Waals surface area contributed by atoms with E-state index in [2.05, 4.69) is 20.9 Å². The number of nitrogens with zero attached hydrogens (tertiary/aromatic N) is 1. The number of rotatable bonds is 3. The van der Waals surface area contributed by atoms with Gasteiger partial charge in [0.25, 0.3) is 6.43 Å². The molecule has 0 radical (unpaired) electrons. The molecule has 1 aromatic heterocycles. The van der Waals surface area contributed by atoms with Crippen molar-refractivity contribution in [1.29, 1.82) is 0 Å². The molecular weight excluding hydrogens is 371 g/mol. The number of hydrogen-bond acceptors (Lipinski definition) is 2. The lowest BCUT2D eigenvalue weighted by molar-refractivity contribution is 0.146. The van der Waals surface area contributed by atoms with Crippen molar-refractivity contribution in [2.75, 3.05) is 7.11 Å². The molecule has 0 N–H and O–H groups in total. The second-order valence-electron chi connectivity index (χ2n) is 2.44. The van der Waals surface area contributed by atoms with Crippen molar-refractivity contribution in [3.63, 3.8) is 0 Å². The summed E-state index contributed by atoms with van der Waals surface area (Å²) in [5, 5.41) is 0.342. The molecular formula is C8H7BrF2INO. The maximum absolute atomic E-state index is 12.7. The Labute approximate surface area is 102 Å². The van der Waals surface area contributed by atoms with Crippen LogP contribution in [0.5, 0.6) is 5.75 Å². The molecule has 78 valence electrons. The van der Waals surface area contributed by atoms with Gasteiger partial charge in [-0.3, -0.25) is 0 Å². The van der Waals surface area contributed by atoms with E-state index in [9.17, 15) is 8.78 Å². The van der Waals surface area contributed by atoms with Gasteiger partial charge < -0.3 is 4.74 Å². The lowest BCUT2D eigenvalue weighted by Crippen LogP contribution is -2.02. The highest BCUT2D eigenvalue weighted by atomic mass is 127. The quantitative estimate of drug-likeness (QED) is 0.456. The summed E-state index contributed by atoms with van der Waals surface area (Å²) in [5.41, 5.74) is 0.406. The van der Waals surface area contributed by atoms with E-state index in [-0.39, 0.29) is 11.3 Å². The smallest absolute Gasteiger partial charge is 0.267 e. The predicted molar refractivity (Wildman–Crippen MR) is 61.1 cm³/mol. The normalized spacial score (nSPS) is 10.7. The summed E-state index contributed by atoms with van der Waals surface area (Å²) in [6, 6.07) is 0. The van der Waals surface area contributed by atoms with Crippen molar-refractivity contribution in [1.82, 2.24) is 4.98 Å². The van der Waals surface area contributed by atoms with Crippen molar-refractivity contribution in [3.05, 3.63) is 21.0 Å². The van der Waals surface area contributed by atoms with Crippen LogP contribution in [0.1, 0.15) is 17.6 Å². The number of alkyl halides is 3. The van der Waals surface area contributed by atoms with E-state index in [0.717, 1.165) is 0 Å². The molecule has 0 unspecified atom stereocenters. The highest BCUT2D eigenvalue weighted by molar-refractivity contribution is 14.1. The molecule has 0 spiro atoms. The summed E-state index contributed by atoms with van der Waals surface area (Å²) in [4.78, 5) is 3.96. The molecule has 0 aliphatic heterocycles. The largest absolute Gasteiger partial charge is 0.495 e. The van der Waals surface area contributed by atoms with Crippen LogP contribution in [-0.2, 0) is 5.33 Å². The molecule has 0 saturated carbocycles. The highest BCUT2D eigenvalue weighted by Gasteiger charge is 2.21. The lowest BCUT2D eigenvalue weighted by atomic mass is 10.1. The van der Waals surface area contributed by atoms with Crippen molar-refractivity contribution in [3.8, 4) is 5.75 Å². The van der Waals surface area contributed by atoms with E-state index in [1.54, 1.807) is 0 Å². The van der Waals surface area contributed by atoms with Gasteiger partial charge in [-0.2, -0.15) is 0 Å². The standard InChI is InChI=1S/C8H7BrF2INO/c1-14-5-3-13-8(12)4(2-9)6(5)7(10)11/h3,7H,2H2,1H3. The van der Waals surface area contributed by atoms with Crippen molar-refractivity contribution < 1.29 is 13.5 Å². The molecule has 0 aliphatic carbocycles. The van der Waals surface area contributed by atoms with Crippen LogP contribution in [0.3, 0.4) is 0 Å². The Morgan fingerprint density at radius 2 is 2.29 bits per heavy atom. The molecule has 1 aromatic rings. The van der Waals surface area contributed by atoms with Crippen LogP contribution in [0.15, 0.2) is 6.20 Å². The van der Waals surface area contributed by atoms with E-state index >= 15 is 0 Å². The zero-order chi connectivity index (χ0) is 10.7. The molecule has 0 aliphatic rings. The second-order valence-corrected chi connectivity index (χ2v) is 4.03. The molecule has 0 aromatic carbocycles. The zero-order valence-corrected chi connectivity index (χ0v) is 11.0.